The second kappa shape index (κ2) is 3.84. The minimum Gasteiger partial charge on any atom is -0.508 e. The van der Waals surface area contributed by atoms with Crippen molar-refractivity contribution < 1.29 is 15.3 Å². The Morgan fingerprint density at radius 3 is 1.78 bits per heavy atom. The van der Waals surface area contributed by atoms with E-state index in [9.17, 15) is 15.3 Å². The van der Waals surface area contributed by atoms with Crippen molar-refractivity contribution in [3.63, 3.8) is 0 Å². The molecule has 92 valence electrons. The standard InChI is InChI=1S/C14H13NO3/c16-10-7-5-9(6-8-10)15-13(17)11-3-1-2-4-12(11)14(15)18/h1-2,5-8,16-18H,3-4H2. The first-order valence-corrected chi connectivity index (χ1v) is 5.77. The van der Waals surface area contributed by atoms with Gasteiger partial charge in [0.1, 0.15) is 5.75 Å². The Balaban J connectivity index is 2.18. The topological polar surface area (TPSA) is 65.6 Å². The predicted molar refractivity (Wildman–Crippen MR) is 67.3 cm³/mol. The number of nitrogens with zero attached hydrogens (tertiary/aromatic N) is 1. The first-order valence-electron chi connectivity index (χ1n) is 5.77. The number of allylic oxidation sites excluding steroid dienone is 2. The highest BCUT2D eigenvalue weighted by Gasteiger charge is 2.23. The largest absolute Gasteiger partial charge is 0.508 e. The highest BCUT2D eigenvalue weighted by Crippen LogP contribution is 2.39. The van der Waals surface area contributed by atoms with Crippen molar-refractivity contribution in [2.75, 3.05) is 0 Å². The Bertz CT molecular complexity index is 592. The molecule has 1 aliphatic carbocycles. The lowest BCUT2D eigenvalue weighted by Gasteiger charge is -2.07. The lowest BCUT2D eigenvalue weighted by atomic mass is 10.0. The molecule has 0 unspecified atom stereocenters. The van der Waals surface area contributed by atoms with Crippen molar-refractivity contribution in [2.45, 2.75) is 12.8 Å². The first kappa shape index (κ1) is 10.8. The van der Waals surface area contributed by atoms with Gasteiger partial charge in [-0.15, -0.1) is 0 Å². The van der Waals surface area contributed by atoms with E-state index < -0.39 is 0 Å². The monoisotopic (exact) mass is 243 g/mol. The molecule has 0 atom stereocenters. The first-order chi connectivity index (χ1) is 8.68. The van der Waals surface area contributed by atoms with E-state index in [1.165, 1.54) is 16.7 Å². The van der Waals surface area contributed by atoms with E-state index in [1.807, 2.05) is 12.2 Å². The summed E-state index contributed by atoms with van der Waals surface area (Å²) in [5, 5.41) is 29.6. The molecular weight excluding hydrogens is 230 g/mol. The molecule has 0 saturated heterocycles. The fraction of sp³-hybridized carbons (Fsp3) is 0.143. The third-order valence-electron chi connectivity index (χ3n) is 3.25. The van der Waals surface area contributed by atoms with Gasteiger partial charge < -0.3 is 15.3 Å². The lowest BCUT2D eigenvalue weighted by molar-refractivity contribution is 0.399. The summed E-state index contributed by atoms with van der Waals surface area (Å²) in [5.74, 6) is 0.284. The molecule has 1 aliphatic rings. The molecule has 1 heterocycles. The number of rotatable bonds is 1. The van der Waals surface area contributed by atoms with Crippen molar-refractivity contribution in [1.82, 2.24) is 4.57 Å². The molecule has 0 fully saturated rings. The van der Waals surface area contributed by atoms with E-state index >= 15 is 0 Å². The molecule has 4 heteroatoms. The Morgan fingerprint density at radius 1 is 0.778 bits per heavy atom. The highest BCUT2D eigenvalue weighted by atomic mass is 16.3. The normalized spacial score (nSPS) is 13.6. The van der Waals surface area contributed by atoms with Crippen LogP contribution in [0.25, 0.3) is 5.69 Å². The van der Waals surface area contributed by atoms with Gasteiger partial charge >= 0.3 is 0 Å². The van der Waals surface area contributed by atoms with Crippen LogP contribution in [0.15, 0.2) is 36.4 Å². The van der Waals surface area contributed by atoms with E-state index in [4.69, 9.17) is 0 Å². The molecule has 0 bridgehead atoms. The summed E-state index contributed by atoms with van der Waals surface area (Å²) in [7, 11) is 0. The summed E-state index contributed by atoms with van der Waals surface area (Å²) in [6, 6.07) is 6.33. The summed E-state index contributed by atoms with van der Waals surface area (Å²) in [4.78, 5) is 0. The van der Waals surface area contributed by atoms with Crippen molar-refractivity contribution in [1.29, 1.82) is 0 Å². The summed E-state index contributed by atoms with van der Waals surface area (Å²) in [6.07, 6.45) is 5.20. The number of aromatic hydroxyl groups is 3. The number of fused-ring (bicyclic) bond motifs is 1. The van der Waals surface area contributed by atoms with Gasteiger partial charge in [0, 0.05) is 11.1 Å². The van der Waals surface area contributed by atoms with E-state index in [0.717, 1.165) is 11.1 Å². The molecule has 0 saturated carbocycles. The van der Waals surface area contributed by atoms with Crippen LogP contribution < -0.4 is 0 Å². The molecule has 1 aromatic heterocycles. The van der Waals surface area contributed by atoms with Crippen LogP contribution in [-0.2, 0) is 12.8 Å². The second-order valence-electron chi connectivity index (χ2n) is 4.34. The Morgan fingerprint density at radius 2 is 1.28 bits per heavy atom. The lowest BCUT2D eigenvalue weighted by Crippen LogP contribution is -1.92. The Labute approximate surface area is 104 Å². The molecule has 4 nitrogen and oxygen atoms in total. The number of hydrogen-bond acceptors (Lipinski definition) is 3. The number of hydrogen-bond donors (Lipinski definition) is 3. The molecule has 2 aromatic rings. The van der Waals surface area contributed by atoms with Crippen molar-refractivity contribution in [2.24, 2.45) is 0 Å². The maximum Gasteiger partial charge on any atom is 0.202 e. The Kier molecular flexibility index (Phi) is 2.30. The summed E-state index contributed by atoms with van der Waals surface area (Å²) in [5.41, 5.74) is 2.16. The smallest absolute Gasteiger partial charge is 0.202 e. The number of benzene rings is 1. The zero-order valence-corrected chi connectivity index (χ0v) is 9.67. The van der Waals surface area contributed by atoms with Crippen LogP contribution in [0.5, 0.6) is 17.5 Å². The summed E-state index contributed by atoms with van der Waals surface area (Å²) < 4.78 is 1.40. The molecule has 3 N–H and O–H groups in total. The van der Waals surface area contributed by atoms with Crippen LogP contribution in [-0.4, -0.2) is 19.9 Å². The molecule has 0 spiro atoms. The average molecular weight is 243 g/mol. The van der Waals surface area contributed by atoms with Crippen LogP contribution in [0.4, 0.5) is 0 Å². The van der Waals surface area contributed by atoms with Gasteiger partial charge in [-0.25, -0.2) is 0 Å². The van der Waals surface area contributed by atoms with Gasteiger partial charge in [0.25, 0.3) is 0 Å². The maximum atomic E-state index is 10.2. The van der Waals surface area contributed by atoms with Gasteiger partial charge in [-0.1, -0.05) is 12.2 Å². The fourth-order valence-corrected chi connectivity index (χ4v) is 2.32. The van der Waals surface area contributed by atoms with E-state index in [2.05, 4.69) is 0 Å². The van der Waals surface area contributed by atoms with Crippen LogP contribution in [0.2, 0.25) is 0 Å². The summed E-state index contributed by atoms with van der Waals surface area (Å²) in [6.45, 7) is 0. The molecule has 0 radical (unpaired) electrons. The molecule has 3 rings (SSSR count). The third kappa shape index (κ3) is 1.46. The second-order valence-corrected chi connectivity index (χ2v) is 4.34. The highest BCUT2D eigenvalue weighted by molar-refractivity contribution is 5.55. The molecule has 0 amide bonds. The Hall–Kier alpha value is -2.36. The van der Waals surface area contributed by atoms with Gasteiger partial charge in [0.15, 0.2) is 0 Å². The summed E-state index contributed by atoms with van der Waals surface area (Å²) >= 11 is 0. The minimum absolute atomic E-state index is 0.0672. The van der Waals surface area contributed by atoms with Gasteiger partial charge in [0.05, 0.1) is 5.69 Å². The maximum absolute atomic E-state index is 10.2. The molecule has 18 heavy (non-hydrogen) atoms. The van der Waals surface area contributed by atoms with Gasteiger partial charge in [0.2, 0.25) is 11.8 Å². The zero-order valence-electron chi connectivity index (χ0n) is 9.67. The van der Waals surface area contributed by atoms with E-state index in [0.29, 0.717) is 18.5 Å². The number of phenolic OH excluding ortho intramolecular Hbond substituents is 1. The van der Waals surface area contributed by atoms with Gasteiger partial charge in [-0.05, 0) is 37.1 Å². The van der Waals surface area contributed by atoms with Crippen LogP contribution >= 0.6 is 0 Å². The van der Waals surface area contributed by atoms with E-state index in [-0.39, 0.29) is 17.5 Å². The number of phenols is 1. The zero-order chi connectivity index (χ0) is 12.7. The number of aromatic nitrogens is 1. The van der Waals surface area contributed by atoms with Crippen LogP contribution in [0.1, 0.15) is 11.1 Å². The van der Waals surface area contributed by atoms with Crippen molar-refractivity contribution >= 4 is 0 Å². The average Bonchev–Trinajstić information content (AvgIpc) is 2.64. The molecule has 0 aliphatic heterocycles. The van der Waals surface area contributed by atoms with Crippen molar-refractivity contribution in [3.05, 3.63) is 47.5 Å². The quantitative estimate of drug-likeness (QED) is 0.673. The third-order valence-corrected chi connectivity index (χ3v) is 3.25. The van der Waals surface area contributed by atoms with Crippen molar-refractivity contribution in [3.8, 4) is 23.2 Å². The van der Waals surface area contributed by atoms with E-state index in [1.54, 1.807) is 12.1 Å². The SMILES string of the molecule is Oc1ccc(-n2c(O)c3c(c2O)CC=CC3)cc1. The predicted octanol–water partition coefficient (Wildman–Crippen LogP) is 2.25. The minimum atomic E-state index is 0.0672. The molecular formula is C14H13NO3. The fourth-order valence-electron chi connectivity index (χ4n) is 2.32. The molecule has 1 aromatic carbocycles. The van der Waals surface area contributed by atoms with Gasteiger partial charge in [-0.3, -0.25) is 4.57 Å². The van der Waals surface area contributed by atoms with Crippen LogP contribution in [0, 0.1) is 0 Å². The van der Waals surface area contributed by atoms with Crippen LogP contribution in [0.3, 0.4) is 0 Å². The van der Waals surface area contributed by atoms with Gasteiger partial charge in [-0.2, -0.15) is 0 Å².